The van der Waals surface area contributed by atoms with Crippen LogP contribution >= 0.6 is 0 Å². The van der Waals surface area contributed by atoms with Crippen LogP contribution < -0.4 is 0 Å². The highest BCUT2D eigenvalue weighted by atomic mass is 16.6. The molecule has 3 rings (SSSR count). The number of pyridine rings is 1. The van der Waals surface area contributed by atoms with Crippen LogP contribution in [0.5, 0.6) is 0 Å². The minimum atomic E-state index is -0.511. The van der Waals surface area contributed by atoms with Gasteiger partial charge in [0.15, 0.2) is 0 Å². The lowest BCUT2D eigenvalue weighted by Crippen LogP contribution is -2.38. The number of ether oxygens (including phenoxy) is 2. The summed E-state index contributed by atoms with van der Waals surface area (Å²) in [5.41, 5.74) is 3.96. The molecule has 138 valence electrons. The first kappa shape index (κ1) is 18.4. The number of rotatable bonds is 3. The molecule has 26 heavy (non-hydrogen) atoms. The topological polar surface area (TPSA) is 51.7 Å². The lowest BCUT2D eigenvalue weighted by molar-refractivity contribution is -0.00157. The van der Waals surface area contributed by atoms with E-state index in [9.17, 15) is 4.79 Å². The summed E-state index contributed by atoms with van der Waals surface area (Å²) in [5, 5.41) is 0. The van der Waals surface area contributed by atoms with Gasteiger partial charge in [-0.2, -0.15) is 0 Å². The molecule has 0 bridgehead atoms. The Morgan fingerprint density at radius 2 is 2.08 bits per heavy atom. The van der Waals surface area contributed by atoms with Gasteiger partial charge in [-0.25, -0.2) is 4.79 Å². The van der Waals surface area contributed by atoms with Gasteiger partial charge >= 0.3 is 6.09 Å². The number of amides is 1. The highest BCUT2D eigenvalue weighted by Crippen LogP contribution is 2.34. The molecule has 0 radical (unpaired) electrons. The minimum Gasteiger partial charge on any atom is -0.444 e. The Hall–Kier alpha value is -2.40. The van der Waals surface area contributed by atoms with Crippen molar-refractivity contribution in [1.29, 1.82) is 0 Å². The van der Waals surface area contributed by atoms with Gasteiger partial charge in [0, 0.05) is 18.8 Å². The molecule has 0 N–H and O–H groups in total. The van der Waals surface area contributed by atoms with E-state index < -0.39 is 5.60 Å². The first-order chi connectivity index (χ1) is 12.3. The Morgan fingerprint density at radius 1 is 1.27 bits per heavy atom. The van der Waals surface area contributed by atoms with E-state index in [4.69, 9.17) is 9.47 Å². The van der Waals surface area contributed by atoms with Gasteiger partial charge in [-0.15, -0.1) is 0 Å². The molecule has 1 aliphatic rings. The van der Waals surface area contributed by atoms with E-state index in [-0.39, 0.29) is 12.2 Å². The summed E-state index contributed by atoms with van der Waals surface area (Å²) in [4.78, 5) is 18.3. The predicted molar refractivity (Wildman–Crippen MR) is 101 cm³/mol. The van der Waals surface area contributed by atoms with E-state index >= 15 is 0 Å². The quantitative estimate of drug-likeness (QED) is 0.828. The summed E-state index contributed by atoms with van der Waals surface area (Å²) >= 11 is 0. The molecule has 2 aromatic rings. The van der Waals surface area contributed by atoms with Crippen molar-refractivity contribution in [2.45, 2.75) is 38.9 Å². The molecule has 0 aliphatic carbocycles. The summed E-state index contributed by atoms with van der Waals surface area (Å²) in [6.45, 7) is 6.68. The zero-order valence-electron chi connectivity index (χ0n) is 15.9. The first-order valence-electron chi connectivity index (χ1n) is 8.94. The second-order valence-electron chi connectivity index (χ2n) is 7.56. The van der Waals surface area contributed by atoms with Crippen LogP contribution in [0.1, 0.15) is 38.0 Å². The largest absolute Gasteiger partial charge is 0.444 e. The fourth-order valence-electron chi connectivity index (χ4n) is 3.15. The van der Waals surface area contributed by atoms with Gasteiger partial charge in [0.05, 0.1) is 18.8 Å². The van der Waals surface area contributed by atoms with Crippen LogP contribution in [0.15, 0.2) is 42.6 Å². The fourth-order valence-corrected chi connectivity index (χ4v) is 3.15. The van der Waals surface area contributed by atoms with E-state index in [1.54, 1.807) is 11.9 Å². The Morgan fingerprint density at radius 3 is 2.77 bits per heavy atom. The van der Waals surface area contributed by atoms with Crippen LogP contribution in [0.25, 0.3) is 11.3 Å². The number of aromatic nitrogens is 1. The molecule has 1 aromatic carbocycles. The Bertz CT molecular complexity index is 769. The summed E-state index contributed by atoms with van der Waals surface area (Å²) < 4.78 is 11.4. The van der Waals surface area contributed by atoms with Crippen molar-refractivity contribution in [2.75, 3.05) is 20.2 Å². The average Bonchev–Trinajstić information content (AvgIpc) is 2.61. The third kappa shape index (κ3) is 4.22. The molecular formula is C21H26N2O3. The van der Waals surface area contributed by atoms with Gasteiger partial charge in [0.2, 0.25) is 0 Å². The second kappa shape index (κ2) is 7.46. The molecule has 1 aliphatic heterocycles. The Kier molecular flexibility index (Phi) is 5.28. The number of carbonyl (C=O) groups is 1. The molecule has 1 amide bonds. The lowest BCUT2D eigenvalue weighted by Gasteiger charge is -2.31. The monoisotopic (exact) mass is 354 g/mol. The van der Waals surface area contributed by atoms with Crippen molar-refractivity contribution in [3.05, 3.63) is 53.7 Å². The number of likely N-dealkylation sites (N-methyl/N-ethyl adjacent to an activating group) is 1. The number of hydrogen-bond acceptors (Lipinski definition) is 4. The molecule has 1 atom stereocenters. The first-order valence-corrected chi connectivity index (χ1v) is 8.94. The molecule has 0 spiro atoms. The van der Waals surface area contributed by atoms with Gasteiger partial charge in [-0.1, -0.05) is 24.3 Å². The van der Waals surface area contributed by atoms with E-state index in [1.807, 2.05) is 51.2 Å². The molecule has 0 fully saturated rings. The van der Waals surface area contributed by atoms with Crippen molar-refractivity contribution in [1.82, 2.24) is 9.88 Å². The number of fused-ring (bicyclic) bond motifs is 1. The summed E-state index contributed by atoms with van der Waals surface area (Å²) in [5.74, 6) is 0. The molecular weight excluding hydrogens is 328 g/mol. The summed E-state index contributed by atoms with van der Waals surface area (Å²) in [7, 11) is 1.74. The van der Waals surface area contributed by atoms with Crippen LogP contribution in [0.4, 0.5) is 4.79 Å². The molecule has 0 saturated carbocycles. The van der Waals surface area contributed by atoms with Crippen molar-refractivity contribution >= 4 is 6.09 Å². The zero-order chi connectivity index (χ0) is 18.7. The van der Waals surface area contributed by atoms with E-state index in [1.165, 1.54) is 5.56 Å². The number of nitrogens with zero attached hydrogens (tertiary/aromatic N) is 2. The third-order valence-electron chi connectivity index (χ3n) is 4.32. The maximum absolute atomic E-state index is 12.3. The molecule has 1 aromatic heterocycles. The van der Waals surface area contributed by atoms with Crippen LogP contribution in [-0.2, 0) is 15.9 Å². The van der Waals surface area contributed by atoms with Crippen LogP contribution in [0.3, 0.4) is 0 Å². The molecule has 5 heteroatoms. The van der Waals surface area contributed by atoms with Crippen LogP contribution in [0, 0.1) is 0 Å². The number of carbonyl (C=O) groups excluding carboxylic acids is 1. The van der Waals surface area contributed by atoms with Crippen LogP contribution in [0.2, 0.25) is 0 Å². The van der Waals surface area contributed by atoms with Gasteiger partial charge in [-0.3, -0.25) is 4.98 Å². The van der Waals surface area contributed by atoms with Crippen molar-refractivity contribution in [3.63, 3.8) is 0 Å². The van der Waals surface area contributed by atoms with Gasteiger partial charge < -0.3 is 14.4 Å². The second-order valence-corrected chi connectivity index (χ2v) is 7.56. The van der Waals surface area contributed by atoms with Crippen molar-refractivity contribution in [2.24, 2.45) is 0 Å². The maximum Gasteiger partial charge on any atom is 0.410 e. The van der Waals surface area contributed by atoms with Gasteiger partial charge in [-0.05, 0) is 50.5 Å². The highest BCUT2D eigenvalue weighted by Gasteiger charge is 2.27. The minimum absolute atomic E-state index is 0.167. The van der Waals surface area contributed by atoms with Crippen molar-refractivity contribution < 1.29 is 14.3 Å². The van der Waals surface area contributed by atoms with Gasteiger partial charge in [0.25, 0.3) is 0 Å². The standard InChI is InChI=1S/C21H26N2O3/c1-21(2,3)26-20(24)23(4)14-19-17-9-7-8-16(15(17)11-13-25-19)18-10-5-6-12-22-18/h5-10,12,19H,11,13-14H2,1-4H3/t19-/m0/s1. The Balaban J connectivity index is 1.83. The normalized spacial score (nSPS) is 16.7. The summed E-state index contributed by atoms with van der Waals surface area (Å²) in [6, 6.07) is 12.1. The molecule has 0 saturated heterocycles. The molecule has 5 nitrogen and oxygen atoms in total. The molecule has 0 unspecified atom stereocenters. The third-order valence-corrected chi connectivity index (χ3v) is 4.32. The highest BCUT2D eigenvalue weighted by molar-refractivity contribution is 5.68. The zero-order valence-corrected chi connectivity index (χ0v) is 15.9. The van der Waals surface area contributed by atoms with E-state index in [0.29, 0.717) is 13.2 Å². The number of hydrogen-bond donors (Lipinski definition) is 0. The smallest absolute Gasteiger partial charge is 0.410 e. The fraction of sp³-hybridized carbons (Fsp3) is 0.429. The number of benzene rings is 1. The van der Waals surface area contributed by atoms with E-state index in [0.717, 1.165) is 23.2 Å². The Labute approximate surface area is 155 Å². The SMILES string of the molecule is CN(C[C@@H]1OCCc2c(-c3ccccn3)cccc21)C(=O)OC(C)(C)C. The summed E-state index contributed by atoms with van der Waals surface area (Å²) in [6.07, 6.45) is 2.14. The average molecular weight is 354 g/mol. The maximum atomic E-state index is 12.3. The predicted octanol–water partition coefficient (Wildman–Crippen LogP) is 4.23. The molecule has 2 heterocycles. The van der Waals surface area contributed by atoms with Crippen molar-refractivity contribution in [3.8, 4) is 11.3 Å². The lowest BCUT2D eigenvalue weighted by atomic mass is 9.91. The van der Waals surface area contributed by atoms with Crippen LogP contribution in [-0.4, -0.2) is 41.8 Å². The van der Waals surface area contributed by atoms with Gasteiger partial charge in [0.1, 0.15) is 11.7 Å². The van der Waals surface area contributed by atoms with E-state index in [2.05, 4.69) is 17.1 Å².